The molecular weight excluding hydrogens is 215 g/mol. The van der Waals surface area contributed by atoms with Crippen molar-refractivity contribution in [2.24, 2.45) is 0 Å². The number of aromatic nitrogens is 1. The highest BCUT2D eigenvalue weighted by Gasteiger charge is 2.32. The molecule has 1 radical (unpaired) electrons. The third kappa shape index (κ3) is 2.21. The number of rotatable bonds is 1. The van der Waals surface area contributed by atoms with Crippen molar-refractivity contribution >= 4 is 0 Å². The maximum atomic E-state index is 12.4. The summed E-state index contributed by atoms with van der Waals surface area (Å²) in [6.45, 7) is 0. The molecule has 0 spiro atoms. The molecule has 0 fully saturated rings. The number of halogens is 3. The van der Waals surface area contributed by atoms with Gasteiger partial charge in [0.15, 0.2) is 0 Å². The van der Waals surface area contributed by atoms with Gasteiger partial charge in [0.25, 0.3) is 0 Å². The minimum absolute atomic E-state index is 0.298. The number of hydrogen-bond acceptors (Lipinski definition) is 1. The molecule has 1 aromatic heterocycles. The van der Waals surface area contributed by atoms with Crippen LogP contribution < -0.4 is 0 Å². The van der Waals surface area contributed by atoms with Crippen molar-refractivity contribution in [2.45, 2.75) is 6.18 Å². The summed E-state index contributed by atoms with van der Waals surface area (Å²) in [5.41, 5.74) is 0.0362. The van der Waals surface area contributed by atoms with E-state index in [0.29, 0.717) is 11.3 Å². The van der Waals surface area contributed by atoms with Crippen LogP contribution in [0, 0.1) is 6.07 Å². The van der Waals surface area contributed by atoms with Crippen LogP contribution in [-0.4, -0.2) is 4.98 Å². The molecule has 0 N–H and O–H groups in total. The van der Waals surface area contributed by atoms with Gasteiger partial charge in [0.2, 0.25) is 0 Å². The van der Waals surface area contributed by atoms with Crippen LogP contribution in [0.2, 0.25) is 0 Å². The van der Waals surface area contributed by atoms with Crippen LogP contribution >= 0.6 is 0 Å². The maximum absolute atomic E-state index is 12.4. The second kappa shape index (κ2) is 3.96. The summed E-state index contributed by atoms with van der Waals surface area (Å²) >= 11 is 0. The lowest BCUT2D eigenvalue weighted by Crippen LogP contribution is -2.07. The van der Waals surface area contributed by atoms with Crippen LogP contribution in [0.1, 0.15) is 5.69 Å². The van der Waals surface area contributed by atoms with Crippen LogP contribution in [0.5, 0.6) is 0 Å². The smallest absolute Gasteiger partial charge is 0.243 e. The number of benzene rings is 1. The Morgan fingerprint density at radius 1 is 1.06 bits per heavy atom. The van der Waals surface area contributed by atoms with Gasteiger partial charge in [-0.15, -0.1) is 0 Å². The lowest BCUT2D eigenvalue weighted by atomic mass is 10.1. The molecule has 0 saturated carbocycles. The average molecular weight is 222 g/mol. The van der Waals surface area contributed by atoms with Gasteiger partial charge < -0.3 is 0 Å². The van der Waals surface area contributed by atoms with E-state index in [1.807, 2.05) is 0 Å². The number of hydrogen-bond donors (Lipinski definition) is 0. The molecule has 0 atom stereocenters. The van der Waals surface area contributed by atoms with E-state index in [2.05, 4.69) is 11.1 Å². The van der Waals surface area contributed by atoms with E-state index < -0.39 is 11.9 Å². The van der Waals surface area contributed by atoms with Crippen LogP contribution in [0.3, 0.4) is 0 Å². The lowest BCUT2D eigenvalue weighted by Gasteiger charge is -2.07. The maximum Gasteiger partial charge on any atom is 0.433 e. The van der Waals surface area contributed by atoms with Crippen molar-refractivity contribution in [1.82, 2.24) is 4.98 Å². The van der Waals surface area contributed by atoms with Gasteiger partial charge in [-0.2, -0.15) is 13.2 Å². The molecule has 16 heavy (non-hydrogen) atoms. The average Bonchev–Trinajstić information content (AvgIpc) is 2.29. The van der Waals surface area contributed by atoms with E-state index in [1.54, 1.807) is 30.3 Å². The van der Waals surface area contributed by atoms with Crippen molar-refractivity contribution in [3.05, 3.63) is 54.2 Å². The van der Waals surface area contributed by atoms with Gasteiger partial charge in [-0.1, -0.05) is 24.3 Å². The number of pyridine rings is 1. The molecule has 1 heterocycles. The van der Waals surface area contributed by atoms with Crippen LogP contribution in [0.4, 0.5) is 13.2 Å². The zero-order chi connectivity index (χ0) is 11.6. The molecule has 0 amide bonds. The first-order valence-corrected chi connectivity index (χ1v) is 4.58. The summed E-state index contributed by atoms with van der Waals surface area (Å²) < 4.78 is 37.2. The summed E-state index contributed by atoms with van der Waals surface area (Å²) in [6, 6.07) is 13.3. The van der Waals surface area contributed by atoms with Crippen LogP contribution in [0.15, 0.2) is 42.5 Å². The second-order valence-electron chi connectivity index (χ2n) is 3.20. The van der Waals surface area contributed by atoms with Gasteiger partial charge >= 0.3 is 6.18 Å². The fraction of sp³-hybridized carbons (Fsp3) is 0.0833. The Labute approximate surface area is 90.6 Å². The van der Waals surface area contributed by atoms with Gasteiger partial charge in [-0.05, 0) is 24.3 Å². The first kappa shape index (κ1) is 10.7. The zero-order valence-corrected chi connectivity index (χ0v) is 8.12. The number of nitrogens with zero attached hydrogens (tertiary/aromatic N) is 1. The van der Waals surface area contributed by atoms with E-state index in [1.165, 1.54) is 6.07 Å². The highest BCUT2D eigenvalue weighted by molar-refractivity contribution is 5.58. The summed E-state index contributed by atoms with van der Waals surface area (Å²) in [5.74, 6) is 0. The van der Waals surface area contributed by atoms with E-state index in [9.17, 15) is 13.2 Å². The van der Waals surface area contributed by atoms with Gasteiger partial charge in [0, 0.05) is 5.56 Å². The van der Waals surface area contributed by atoms with Crippen molar-refractivity contribution < 1.29 is 13.2 Å². The van der Waals surface area contributed by atoms with E-state index >= 15 is 0 Å². The Morgan fingerprint density at radius 2 is 1.88 bits per heavy atom. The monoisotopic (exact) mass is 222 g/mol. The quantitative estimate of drug-likeness (QED) is 0.718. The summed E-state index contributed by atoms with van der Waals surface area (Å²) in [5, 5.41) is 0. The third-order valence-corrected chi connectivity index (χ3v) is 2.04. The van der Waals surface area contributed by atoms with Crippen LogP contribution in [-0.2, 0) is 6.18 Å². The Bertz CT molecular complexity index is 477. The van der Waals surface area contributed by atoms with E-state index in [0.717, 1.165) is 6.07 Å². The highest BCUT2D eigenvalue weighted by atomic mass is 19.4. The Kier molecular flexibility index (Phi) is 2.64. The van der Waals surface area contributed by atoms with Gasteiger partial charge in [-0.25, -0.2) is 4.98 Å². The first-order valence-electron chi connectivity index (χ1n) is 4.58. The first-order chi connectivity index (χ1) is 7.57. The fourth-order valence-corrected chi connectivity index (χ4v) is 1.31. The Balaban J connectivity index is 2.45. The molecule has 0 aliphatic rings. The SMILES string of the molecule is FC(F)(F)c1cccc(-c2c[c]ccc2)n1. The van der Waals surface area contributed by atoms with Gasteiger partial charge in [0.05, 0.1) is 5.69 Å². The van der Waals surface area contributed by atoms with E-state index in [-0.39, 0.29) is 0 Å². The van der Waals surface area contributed by atoms with Crippen LogP contribution in [0.25, 0.3) is 11.3 Å². The molecular formula is C12H7F3N. The number of alkyl halides is 3. The third-order valence-electron chi connectivity index (χ3n) is 2.04. The molecule has 1 aromatic carbocycles. The molecule has 2 rings (SSSR count). The van der Waals surface area contributed by atoms with Crippen molar-refractivity contribution in [3.63, 3.8) is 0 Å². The van der Waals surface area contributed by atoms with Crippen molar-refractivity contribution in [3.8, 4) is 11.3 Å². The van der Waals surface area contributed by atoms with Crippen molar-refractivity contribution in [2.75, 3.05) is 0 Å². The Morgan fingerprint density at radius 3 is 2.50 bits per heavy atom. The molecule has 2 aromatic rings. The molecule has 0 aliphatic heterocycles. The molecule has 0 bridgehead atoms. The standard InChI is InChI=1S/C12H7F3N/c13-12(14,15)11-8-4-7-10(16-11)9-5-2-1-3-6-9/h1-2,4-8H. The topological polar surface area (TPSA) is 12.9 Å². The highest BCUT2D eigenvalue weighted by Crippen LogP contribution is 2.29. The molecule has 0 unspecified atom stereocenters. The molecule has 0 saturated heterocycles. The van der Waals surface area contributed by atoms with Gasteiger partial charge in [0.1, 0.15) is 5.69 Å². The van der Waals surface area contributed by atoms with E-state index in [4.69, 9.17) is 0 Å². The minimum Gasteiger partial charge on any atom is -0.243 e. The normalized spacial score (nSPS) is 11.4. The Hall–Kier alpha value is -1.84. The summed E-state index contributed by atoms with van der Waals surface area (Å²) in [6.07, 6.45) is -4.41. The fourth-order valence-electron chi connectivity index (χ4n) is 1.31. The molecule has 4 heteroatoms. The summed E-state index contributed by atoms with van der Waals surface area (Å²) in [7, 11) is 0. The lowest BCUT2D eigenvalue weighted by molar-refractivity contribution is -0.141. The molecule has 1 nitrogen and oxygen atoms in total. The second-order valence-corrected chi connectivity index (χ2v) is 3.20. The molecule has 0 aliphatic carbocycles. The van der Waals surface area contributed by atoms with Gasteiger partial charge in [-0.3, -0.25) is 0 Å². The predicted molar refractivity (Wildman–Crippen MR) is 53.5 cm³/mol. The predicted octanol–water partition coefficient (Wildman–Crippen LogP) is 3.57. The summed E-state index contributed by atoms with van der Waals surface area (Å²) in [4.78, 5) is 3.57. The zero-order valence-electron chi connectivity index (χ0n) is 8.12. The van der Waals surface area contributed by atoms with Crippen molar-refractivity contribution in [1.29, 1.82) is 0 Å². The largest absolute Gasteiger partial charge is 0.433 e. The molecule has 81 valence electrons. The minimum atomic E-state index is -4.41.